The van der Waals surface area contributed by atoms with E-state index in [1.54, 1.807) is 0 Å². The first-order valence-electron chi connectivity index (χ1n) is 7.51. The van der Waals surface area contributed by atoms with Gasteiger partial charge in [0, 0.05) is 18.6 Å². The van der Waals surface area contributed by atoms with Crippen LogP contribution in [0, 0.1) is 0 Å². The van der Waals surface area contributed by atoms with Crippen molar-refractivity contribution in [2.45, 2.75) is 0 Å². The Morgan fingerprint density at radius 3 is 2.50 bits per heavy atom. The molecule has 0 saturated heterocycles. The normalized spacial score (nSPS) is 11.7. The van der Waals surface area contributed by atoms with E-state index in [-0.39, 0.29) is 5.56 Å². The van der Waals surface area contributed by atoms with Crippen molar-refractivity contribution in [2.24, 2.45) is 0 Å². The molecule has 1 heterocycles. The third-order valence-electron chi connectivity index (χ3n) is 3.78. The van der Waals surface area contributed by atoms with Crippen LogP contribution in [0.15, 0.2) is 57.8 Å². The van der Waals surface area contributed by atoms with Crippen LogP contribution in [-0.2, 0) is 0 Å². The zero-order chi connectivity index (χ0) is 17.3. The summed E-state index contributed by atoms with van der Waals surface area (Å²) in [5.41, 5.74) is 2.70. The summed E-state index contributed by atoms with van der Waals surface area (Å²) in [5.74, 6) is 0. The van der Waals surface area contributed by atoms with Crippen LogP contribution in [0.1, 0.15) is 5.56 Å². The van der Waals surface area contributed by atoms with Gasteiger partial charge < -0.3 is 4.90 Å². The lowest BCUT2D eigenvalue weighted by Gasteiger charge is -2.14. The summed E-state index contributed by atoms with van der Waals surface area (Å²) in [5, 5.41) is 4.19. The maximum atomic E-state index is 12.7. The Balaban J connectivity index is 2.13. The second-order valence-corrected chi connectivity index (χ2v) is 6.58. The highest BCUT2D eigenvalue weighted by molar-refractivity contribution is 9.10. The van der Waals surface area contributed by atoms with Crippen LogP contribution in [0.2, 0.25) is 0 Å². The lowest BCUT2D eigenvalue weighted by atomic mass is 10.1. The summed E-state index contributed by atoms with van der Waals surface area (Å²) < 4.78 is 2.49. The third kappa shape index (κ3) is 3.08. The van der Waals surface area contributed by atoms with Crippen molar-refractivity contribution in [1.82, 2.24) is 9.78 Å². The Hall–Kier alpha value is -2.53. The van der Waals surface area contributed by atoms with Gasteiger partial charge in [-0.25, -0.2) is 4.68 Å². The van der Waals surface area contributed by atoms with Gasteiger partial charge in [0.25, 0.3) is 5.56 Å². The highest BCUT2D eigenvalue weighted by Crippen LogP contribution is 2.25. The van der Waals surface area contributed by atoms with Gasteiger partial charge in [0.2, 0.25) is 0 Å². The average Bonchev–Trinajstić information content (AvgIpc) is 2.83. The zero-order valence-electron chi connectivity index (χ0n) is 13.6. The SMILES string of the molecule is C=c1[nH]n(-c2ccccc2)c(=O)/c1=C/c1ccc(N(C)C)c(Br)c1. The number of H-pyrrole nitrogens is 1. The number of aromatic amines is 1. The number of anilines is 1. The Bertz CT molecular complexity index is 1030. The van der Waals surface area contributed by atoms with Gasteiger partial charge in [-0.15, -0.1) is 0 Å². The maximum Gasteiger partial charge on any atom is 0.279 e. The smallest absolute Gasteiger partial charge is 0.279 e. The largest absolute Gasteiger partial charge is 0.377 e. The van der Waals surface area contributed by atoms with Crippen LogP contribution < -0.4 is 21.0 Å². The standard InChI is InChI=1S/C19H18BrN3O/c1-13-16(11-14-9-10-18(22(2)3)17(20)12-14)19(24)23(21-13)15-7-5-4-6-8-15/h4-12,21H,1H2,2-3H3/b16-11+. The van der Waals surface area contributed by atoms with Gasteiger partial charge in [-0.2, -0.15) is 0 Å². The molecule has 3 aromatic rings. The molecule has 3 rings (SSSR count). The topological polar surface area (TPSA) is 41.0 Å². The van der Waals surface area contributed by atoms with Gasteiger partial charge in [-0.05, 0) is 51.8 Å². The van der Waals surface area contributed by atoms with Gasteiger partial charge in [0.1, 0.15) is 0 Å². The molecule has 1 aromatic heterocycles. The van der Waals surface area contributed by atoms with E-state index in [4.69, 9.17) is 0 Å². The Labute approximate surface area is 148 Å². The molecule has 0 amide bonds. The first-order chi connectivity index (χ1) is 11.5. The number of benzene rings is 2. The van der Waals surface area contributed by atoms with Gasteiger partial charge in [0.15, 0.2) is 0 Å². The first kappa shape index (κ1) is 16.3. The van der Waals surface area contributed by atoms with E-state index in [0.717, 1.165) is 21.4 Å². The van der Waals surface area contributed by atoms with Crippen molar-refractivity contribution in [3.05, 3.63) is 79.5 Å². The maximum absolute atomic E-state index is 12.7. The molecule has 0 aliphatic rings. The fourth-order valence-electron chi connectivity index (χ4n) is 2.55. The van der Waals surface area contributed by atoms with Crippen LogP contribution >= 0.6 is 15.9 Å². The summed E-state index contributed by atoms with van der Waals surface area (Å²) in [6.45, 7) is 3.96. The quantitative estimate of drug-likeness (QED) is 0.753. The van der Waals surface area contributed by atoms with E-state index >= 15 is 0 Å². The summed E-state index contributed by atoms with van der Waals surface area (Å²) in [4.78, 5) is 14.7. The highest BCUT2D eigenvalue weighted by Gasteiger charge is 2.06. The first-order valence-corrected chi connectivity index (χ1v) is 8.30. The predicted molar refractivity (Wildman–Crippen MR) is 103 cm³/mol. The second-order valence-electron chi connectivity index (χ2n) is 5.73. The number of nitrogens with one attached hydrogen (secondary N) is 1. The van der Waals surface area contributed by atoms with Crippen LogP contribution in [0.4, 0.5) is 5.69 Å². The number of aromatic nitrogens is 2. The summed E-state index contributed by atoms with van der Waals surface area (Å²) >= 11 is 3.57. The molecule has 0 saturated carbocycles. The minimum Gasteiger partial charge on any atom is -0.377 e. The average molecular weight is 384 g/mol. The van der Waals surface area contributed by atoms with Crippen molar-refractivity contribution < 1.29 is 0 Å². The molecule has 2 aromatic carbocycles. The van der Waals surface area contributed by atoms with E-state index < -0.39 is 0 Å². The number of nitrogens with zero attached hydrogens (tertiary/aromatic N) is 2. The Morgan fingerprint density at radius 2 is 1.88 bits per heavy atom. The number of hydrogen-bond donors (Lipinski definition) is 1. The van der Waals surface area contributed by atoms with E-state index in [0.29, 0.717) is 10.6 Å². The lowest BCUT2D eigenvalue weighted by molar-refractivity contribution is 0.838. The number of halogens is 1. The fourth-order valence-corrected chi connectivity index (χ4v) is 3.30. The van der Waals surface area contributed by atoms with Gasteiger partial charge in [0.05, 0.1) is 21.9 Å². The predicted octanol–water partition coefficient (Wildman–Crippen LogP) is 2.23. The molecule has 122 valence electrons. The zero-order valence-corrected chi connectivity index (χ0v) is 15.2. The molecule has 0 aliphatic carbocycles. The molecule has 0 atom stereocenters. The van der Waals surface area contributed by atoms with Crippen molar-refractivity contribution in [3.63, 3.8) is 0 Å². The third-order valence-corrected chi connectivity index (χ3v) is 4.42. The molecular formula is C19H18BrN3O. The molecule has 1 N–H and O–H groups in total. The number of hydrogen-bond acceptors (Lipinski definition) is 2. The van der Waals surface area contributed by atoms with Gasteiger partial charge in [-0.1, -0.05) is 30.8 Å². The molecule has 0 aliphatic heterocycles. The van der Waals surface area contributed by atoms with Crippen molar-refractivity contribution in [1.29, 1.82) is 0 Å². The number of rotatable bonds is 3. The molecule has 0 unspecified atom stereocenters. The molecule has 5 heteroatoms. The van der Waals surface area contributed by atoms with E-state index in [1.165, 1.54) is 4.68 Å². The van der Waals surface area contributed by atoms with Gasteiger partial charge >= 0.3 is 0 Å². The van der Waals surface area contributed by atoms with E-state index in [9.17, 15) is 4.79 Å². The summed E-state index contributed by atoms with van der Waals surface area (Å²) in [6, 6.07) is 15.5. The van der Waals surface area contributed by atoms with Gasteiger partial charge in [-0.3, -0.25) is 9.89 Å². The van der Waals surface area contributed by atoms with Crippen LogP contribution in [0.5, 0.6) is 0 Å². The minimum absolute atomic E-state index is 0.112. The van der Waals surface area contributed by atoms with Crippen molar-refractivity contribution in [3.8, 4) is 5.69 Å². The monoisotopic (exact) mass is 383 g/mol. The number of para-hydroxylation sites is 1. The Kier molecular flexibility index (Phi) is 4.44. The Morgan fingerprint density at radius 1 is 1.17 bits per heavy atom. The lowest BCUT2D eigenvalue weighted by Crippen LogP contribution is -2.33. The highest BCUT2D eigenvalue weighted by atomic mass is 79.9. The van der Waals surface area contributed by atoms with Crippen LogP contribution in [0.3, 0.4) is 0 Å². The van der Waals surface area contributed by atoms with Crippen LogP contribution in [0.25, 0.3) is 18.3 Å². The molecule has 0 fully saturated rings. The van der Waals surface area contributed by atoms with E-state index in [1.807, 2.05) is 73.6 Å². The molecular weight excluding hydrogens is 366 g/mol. The molecule has 4 nitrogen and oxygen atoms in total. The van der Waals surface area contributed by atoms with Crippen LogP contribution in [-0.4, -0.2) is 23.9 Å². The van der Waals surface area contributed by atoms with E-state index in [2.05, 4.69) is 27.6 Å². The molecule has 0 radical (unpaired) electrons. The summed E-state index contributed by atoms with van der Waals surface area (Å²) in [7, 11) is 3.98. The summed E-state index contributed by atoms with van der Waals surface area (Å²) in [6.07, 6.45) is 1.85. The molecule has 0 spiro atoms. The van der Waals surface area contributed by atoms with Crippen molar-refractivity contribution in [2.75, 3.05) is 19.0 Å². The fraction of sp³-hybridized carbons (Fsp3) is 0.105. The second kappa shape index (κ2) is 6.53. The minimum atomic E-state index is -0.112. The van der Waals surface area contributed by atoms with Crippen molar-refractivity contribution >= 4 is 34.3 Å². The molecule has 24 heavy (non-hydrogen) atoms. The molecule has 0 bridgehead atoms.